The van der Waals surface area contributed by atoms with Gasteiger partial charge in [-0.05, 0) is 49.5 Å². The van der Waals surface area contributed by atoms with E-state index in [1.807, 2.05) is 0 Å². The second-order valence-corrected chi connectivity index (χ2v) is 4.93. The van der Waals surface area contributed by atoms with Crippen LogP contribution in [-0.4, -0.2) is 11.1 Å². The minimum Gasteiger partial charge on any atom is -0.476 e. The highest BCUT2D eigenvalue weighted by Crippen LogP contribution is 2.50. The average molecular weight is 212 g/mol. The quantitative estimate of drug-likeness (QED) is 0.676. The number of halogens is 1. The number of aliphatic carboxylic acids is 1. The van der Waals surface area contributed by atoms with Gasteiger partial charge in [0.15, 0.2) is 0 Å². The normalized spacial score (nSPS) is 24.5. The maximum absolute atomic E-state index is 13.2. The van der Waals surface area contributed by atoms with Crippen molar-refractivity contribution < 1.29 is 14.3 Å². The Hall–Kier alpha value is -0.860. The first-order chi connectivity index (χ1) is 7.13. The lowest BCUT2D eigenvalue weighted by Crippen LogP contribution is -2.21. The summed E-state index contributed by atoms with van der Waals surface area (Å²) in [4.78, 5) is 10.5. The van der Waals surface area contributed by atoms with E-state index in [9.17, 15) is 9.18 Å². The first kappa shape index (κ1) is 10.7. The van der Waals surface area contributed by atoms with E-state index in [0.717, 1.165) is 12.8 Å². The van der Waals surface area contributed by atoms with Crippen LogP contribution in [0.2, 0.25) is 0 Å². The van der Waals surface area contributed by atoms with Gasteiger partial charge in [0.1, 0.15) is 0 Å². The van der Waals surface area contributed by atoms with E-state index in [-0.39, 0.29) is 0 Å². The lowest BCUT2D eigenvalue weighted by atomic mass is 9.71. The van der Waals surface area contributed by atoms with E-state index in [4.69, 9.17) is 5.11 Å². The van der Waals surface area contributed by atoms with Crippen LogP contribution >= 0.6 is 0 Å². The van der Waals surface area contributed by atoms with E-state index in [2.05, 4.69) is 0 Å². The number of allylic oxidation sites excluding steroid dienone is 1. The zero-order valence-corrected chi connectivity index (χ0v) is 8.89. The molecule has 0 unspecified atom stereocenters. The van der Waals surface area contributed by atoms with Gasteiger partial charge in [-0.1, -0.05) is 12.8 Å². The highest BCUT2D eigenvalue weighted by Gasteiger charge is 2.37. The van der Waals surface area contributed by atoms with E-state index >= 15 is 0 Å². The summed E-state index contributed by atoms with van der Waals surface area (Å²) in [5.41, 5.74) is 0.961. The fraction of sp³-hybridized carbons (Fsp3) is 0.750. The Kier molecular flexibility index (Phi) is 2.81. The number of carbonyl (C=O) groups is 1. The minimum absolute atomic E-state index is 0.433. The van der Waals surface area contributed by atoms with Gasteiger partial charge in [0.2, 0.25) is 5.83 Å². The topological polar surface area (TPSA) is 37.3 Å². The van der Waals surface area contributed by atoms with Crippen molar-refractivity contribution in [1.29, 1.82) is 0 Å². The van der Waals surface area contributed by atoms with Gasteiger partial charge in [0.05, 0.1) is 0 Å². The summed E-state index contributed by atoms with van der Waals surface area (Å²) in [6, 6.07) is 0. The molecule has 0 amide bonds. The van der Waals surface area contributed by atoms with Crippen molar-refractivity contribution in [1.82, 2.24) is 0 Å². The first-order valence-electron chi connectivity index (χ1n) is 5.74. The first-order valence-corrected chi connectivity index (χ1v) is 5.74. The standard InChI is InChI=1S/C12H17FO2/c13-10(11(14)15)9-3-7-12(8-4-9)5-1-2-6-12/h1-8H2,(H,14,15). The molecule has 1 N–H and O–H groups in total. The molecular weight excluding hydrogens is 195 g/mol. The molecule has 0 aliphatic heterocycles. The molecule has 2 saturated carbocycles. The van der Waals surface area contributed by atoms with Gasteiger partial charge in [-0.3, -0.25) is 0 Å². The minimum atomic E-state index is -1.40. The molecular formula is C12H17FO2. The molecule has 3 heteroatoms. The lowest BCUT2D eigenvalue weighted by molar-refractivity contribution is -0.134. The Morgan fingerprint density at radius 3 is 2.13 bits per heavy atom. The van der Waals surface area contributed by atoms with Gasteiger partial charge in [-0.25, -0.2) is 4.79 Å². The number of carboxylic acid groups (broad SMARTS) is 1. The largest absolute Gasteiger partial charge is 0.476 e. The molecule has 1 spiro atoms. The molecule has 0 aromatic heterocycles. The summed E-state index contributed by atoms with van der Waals surface area (Å²) in [6.07, 6.45) is 8.38. The third-order valence-corrected chi connectivity index (χ3v) is 4.08. The summed E-state index contributed by atoms with van der Waals surface area (Å²) in [5, 5.41) is 8.56. The van der Waals surface area contributed by atoms with Gasteiger partial charge in [-0.15, -0.1) is 0 Å². The fourth-order valence-electron chi connectivity index (χ4n) is 3.08. The zero-order valence-electron chi connectivity index (χ0n) is 8.89. The van der Waals surface area contributed by atoms with E-state index in [1.165, 1.54) is 25.7 Å². The molecule has 0 atom stereocenters. The van der Waals surface area contributed by atoms with Crippen LogP contribution in [0.4, 0.5) is 4.39 Å². The average Bonchev–Trinajstić information content (AvgIpc) is 2.67. The highest BCUT2D eigenvalue weighted by atomic mass is 19.1. The third-order valence-electron chi connectivity index (χ3n) is 4.08. The maximum atomic E-state index is 13.2. The van der Waals surface area contributed by atoms with Gasteiger partial charge < -0.3 is 5.11 Å². The van der Waals surface area contributed by atoms with Crippen molar-refractivity contribution in [2.24, 2.45) is 5.41 Å². The Balaban J connectivity index is 2.03. The summed E-state index contributed by atoms with van der Waals surface area (Å²) in [7, 11) is 0. The summed E-state index contributed by atoms with van der Waals surface area (Å²) >= 11 is 0. The van der Waals surface area contributed by atoms with Crippen LogP contribution in [-0.2, 0) is 4.79 Å². The predicted octanol–water partition coefficient (Wildman–Crippen LogP) is 3.43. The molecule has 2 rings (SSSR count). The number of rotatable bonds is 1. The third kappa shape index (κ3) is 2.06. The molecule has 2 nitrogen and oxygen atoms in total. The van der Waals surface area contributed by atoms with Crippen LogP contribution in [0.5, 0.6) is 0 Å². The van der Waals surface area contributed by atoms with Crippen LogP contribution < -0.4 is 0 Å². The summed E-state index contributed by atoms with van der Waals surface area (Å²) in [6.45, 7) is 0. The molecule has 2 fully saturated rings. The second kappa shape index (κ2) is 3.95. The highest BCUT2D eigenvalue weighted by molar-refractivity contribution is 5.84. The molecule has 0 heterocycles. The van der Waals surface area contributed by atoms with Crippen molar-refractivity contribution in [3.63, 3.8) is 0 Å². The zero-order chi connectivity index (χ0) is 10.9. The predicted molar refractivity (Wildman–Crippen MR) is 55.1 cm³/mol. The van der Waals surface area contributed by atoms with Crippen molar-refractivity contribution >= 4 is 5.97 Å². The number of carboxylic acids is 1. The molecule has 0 saturated heterocycles. The van der Waals surface area contributed by atoms with Gasteiger partial charge in [0.25, 0.3) is 0 Å². The van der Waals surface area contributed by atoms with E-state index in [0.29, 0.717) is 23.8 Å². The smallest absolute Gasteiger partial charge is 0.364 e. The maximum Gasteiger partial charge on any atom is 0.364 e. The van der Waals surface area contributed by atoms with Crippen molar-refractivity contribution in [2.45, 2.75) is 51.4 Å². The van der Waals surface area contributed by atoms with Crippen LogP contribution in [0.3, 0.4) is 0 Å². The molecule has 15 heavy (non-hydrogen) atoms. The van der Waals surface area contributed by atoms with Crippen LogP contribution in [0.1, 0.15) is 51.4 Å². The van der Waals surface area contributed by atoms with Crippen molar-refractivity contribution in [3.05, 3.63) is 11.4 Å². The summed E-state index contributed by atoms with van der Waals surface area (Å²) in [5.74, 6) is -2.30. The molecule has 0 radical (unpaired) electrons. The number of hydrogen-bond donors (Lipinski definition) is 1. The molecule has 2 aliphatic rings. The summed E-state index contributed by atoms with van der Waals surface area (Å²) < 4.78 is 13.2. The number of hydrogen-bond acceptors (Lipinski definition) is 1. The van der Waals surface area contributed by atoms with Gasteiger partial charge in [0, 0.05) is 0 Å². The Bertz CT molecular complexity index is 289. The van der Waals surface area contributed by atoms with E-state index < -0.39 is 11.8 Å². The monoisotopic (exact) mass is 212 g/mol. The molecule has 84 valence electrons. The van der Waals surface area contributed by atoms with Crippen LogP contribution in [0, 0.1) is 5.41 Å². The Labute approximate surface area is 89.2 Å². The van der Waals surface area contributed by atoms with Gasteiger partial charge in [-0.2, -0.15) is 4.39 Å². The molecule has 0 aromatic rings. The SMILES string of the molecule is O=C(O)C(F)=C1CCC2(CCCC2)CC1. The van der Waals surface area contributed by atoms with Gasteiger partial charge >= 0.3 is 5.97 Å². The van der Waals surface area contributed by atoms with Crippen LogP contribution in [0.15, 0.2) is 11.4 Å². The lowest BCUT2D eigenvalue weighted by Gasteiger charge is -2.34. The van der Waals surface area contributed by atoms with Crippen molar-refractivity contribution in [3.8, 4) is 0 Å². The Morgan fingerprint density at radius 1 is 1.13 bits per heavy atom. The fourth-order valence-corrected chi connectivity index (χ4v) is 3.08. The van der Waals surface area contributed by atoms with E-state index in [1.54, 1.807) is 0 Å². The molecule has 2 aliphatic carbocycles. The molecule has 0 bridgehead atoms. The molecule has 0 aromatic carbocycles. The Morgan fingerprint density at radius 2 is 1.67 bits per heavy atom. The van der Waals surface area contributed by atoms with Crippen LogP contribution in [0.25, 0.3) is 0 Å². The van der Waals surface area contributed by atoms with Crippen molar-refractivity contribution in [2.75, 3.05) is 0 Å². The second-order valence-electron chi connectivity index (χ2n) is 4.93.